The van der Waals surface area contributed by atoms with Gasteiger partial charge in [-0.25, -0.2) is 4.79 Å². The van der Waals surface area contributed by atoms with E-state index in [1.807, 2.05) is 20.8 Å². The lowest BCUT2D eigenvalue weighted by molar-refractivity contribution is -0.125. The minimum atomic E-state index is -0.565. The van der Waals surface area contributed by atoms with Gasteiger partial charge in [0, 0.05) is 6.04 Å². The third-order valence-electron chi connectivity index (χ3n) is 3.50. The van der Waals surface area contributed by atoms with E-state index in [-0.39, 0.29) is 18.6 Å². The Labute approximate surface area is 129 Å². The Bertz CT molecular complexity index is 555. The second-order valence-corrected chi connectivity index (χ2v) is 5.53. The molecule has 0 unspecified atom stereocenters. The fourth-order valence-electron chi connectivity index (χ4n) is 1.85. The summed E-state index contributed by atoms with van der Waals surface area (Å²) < 4.78 is 15.8. The molecule has 1 aromatic rings. The van der Waals surface area contributed by atoms with E-state index in [0.717, 1.165) is 0 Å². The van der Waals surface area contributed by atoms with Crippen LogP contribution in [0.3, 0.4) is 0 Å². The van der Waals surface area contributed by atoms with Crippen molar-refractivity contribution in [1.82, 2.24) is 5.32 Å². The molecule has 0 radical (unpaired) electrons. The zero-order valence-electron chi connectivity index (χ0n) is 13.0. The molecule has 0 bridgehead atoms. The number of rotatable bonds is 5. The van der Waals surface area contributed by atoms with Crippen molar-refractivity contribution in [1.29, 1.82) is 0 Å². The Morgan fingerprint density at radius 2 is 1.86 bits per heavy atom. The van der Waals surface area contributed by atoms with Crippen LogP contribution in [0.2, 0.25) is 0 Å². The number of fused-ring (bicyclic) bond motifs is 1. The fourth-order valence-corrected chi connectivity index (χ4v) is 1.85. The summed E-state index contributed by atoms with van der Waals surface area (Å²) in [6, 6.07) is 4.84. The van der Waals surface area contributed by atoms with Crippen molar-refractivity contribution in [3.8, 4) is 11.5 Å². The molecule has 22 heavy (non-hydrogen) atoms. The Balaban J connectivity index is 1.88. The number of carbonyl (C=O) groups is 2. The van der Waals surface area contributed by atoms with Crippen molar-refractivity contribution in [2.45, 2.75) is 26.8 Å². The van der Waals surface area contributed by atoms with Crippen molar-refractivity contribution in [2.24, 2.45) is 5.92 Å². The summed E-state index contributed by atoms with van der Waals surface area (Å²) in [5.74, 6) is 0.554. The number of hydrogen-bond donors (Lipinski definition) is 1. The standard InChI is InChI=1S/C16H21NO5/c1-10(2)11(3)17-15(18)9-22-16(19)12-4-5-13-14(8-12)21-7-6-20-13/h4-5,8,10-11H,6-7,9H2,1-3H3,(H,17,18)/t11-/m1/s1. The van der Waals surface area contributed by atoms with Crippen LogP contribution in [0.1, 0.15) is 31.1 Å². The van der Waals surface area contributed by atoms with Gasteiger partial charge in [0.15, 0.2) is 18.1 Å². The molecule has 1 amide bonds. The van der Waals surface area contributed by atoms with Gasteiger partial charge in [-0.3, -0.25) is 4.79 Å². The molecule has 0 saturated carbocycles. The first-order valence-corrected chi connectivity index (χ1v) is 7.33. The molecule has 0 spiro atoms. The molecule has 1 atom stereocenters. The largest absolute Gasteiger partial charge is 0.486 e. The number of hydrogen-bond acceptors (Lipinski definition) is 5. The molecule has 1 heterocycles. The molecular formula is C16H21NO5. The molecule has 0 fully saturated rings. The van der Waals surface area contributed by atoms with Gasteiger partial charge in [-0.2, -0.15) is 0 Å². The van der Waals surface area contributed by atoms with Gasteiger partial charge in [0.05, 0.1) is 5.56 Å². The number of carbonyl (C=O) groups excluding carboxylic acids is 2. The second-order valence-electron chi connectivity index (χ2n) is 5.53. The monoisotopic (exact) mass is 307 g/mol. The molecule has 6 nitrogen and oxygen atoms in total. The smallest absolute Gasteiger partial charge is 0.338 e. The number of nitrogens with one attached hydrogen (secondary N) is 1. The van der Waals surface area contributed by atoms with E-state index in [0.29, 0.717) is 36.2 Å². The predicted molar refractivity (Wildman–Crippen MR) is 80.2 cm³/mol. The van der Waals surface area contributed by atoms with E-state index in [4.69, 9.17) is 14.2 Å². The molecular weight excluding hydrogens is 286 g/mol. The zero-order valence-corrected chi connectivity index (χ0v) is 13.0. The van der Waals surface area contributed by atoms with Crippen molar-refractivity contribution >= 4 is 11.9 Å². The van der Waals surface area contributed by atoms with E-state index >= 15 is 0 Å². The van der Waals surface area contributed by atoms with E-state index in [1.54, 1.807) is 18.2 Å². The Morgan fingerprint density at radius 3 is 2.55 bits per heavy atom. The fraction of sp³-hybridized carbons (Fsp3) is 0.500. The highest BCUT2D eigenvalue weighted by Crippen LogP contribution is 2.30. The van der Waals surface area contributed by atoms with Gasteiger partial charge in [-0.1, -0.05) is 13.8 Å². The predicted octanol–water partition coefficient (Wildman–Crippen LogP) is 1.78. The van der Waals surface area contributed by atoms with Crippen LogP contribution in [0.4, 0.5) is 0 Å². The van der Waals surface area contributed by atoms with Crippen LogP contribution in [0.25, 0.3) is 0 Å². The van der Waals surface area contributed by atoms with Crippen molar-refractivity contribution in [2.75, 3.05) is 19.8 Å². The van der Waals surface area contributed by atoms with Crippen LogP contribution in [-0.2, 0) is 9.53 Å². The van der Waals surface area contributed by atoms with Crippen molar-refractivity contribution in [3.05, 3.63) is 23.8 Å². The zero-order chi connectivity index (χ0) is 16.1. The van der Waals surface area contributed by atoms with Crippen LogP contribution < -0.4 is 14.8 Å². The minimum Gasteiger partial charge on any atom is -0.486 e. The average molecular weight is 307 g/mol. The number of esters is 1. The minimum absolute atomic E-state index is 0.0282. The molecule has 0 aliphatic carbocycles. The lowest BCUT2D eigenvalue weighted by Gasteiger charge is -2.19. The van der Waals surface area contributed by atoms with Gasteiger partial charge in [0.2, 0.25) is 0 Å². The van der Waals surface area contributed by atoms with E-state index < -0.39 is 5.97 Å². The van der Waals surface area contributed by atoms with Gasteiger partial charge in [0.1, 0.15) is 13.2 Å². The first-order chi connectivity index (χ1) is 10.5. The molecule has 2 rings (SSSR count). The first-order valence-electron chi connectivity index (χ1n) is 7.33. The SMILES string of the molecule is CC(C)[C@@H](C)NC(=O)COC(=O)c1ccc2c(c1)OCCO2. The van der Waals surface area contributed by atoms with E-state index in [1.165, 1.54) is 0 Å². The molecule has 6 heteroatoms. The highest BCUT2D eigenvalue weighted by atomic mass is 16.6. The van der Waals surface area contributed by atoms with Gasteiger partial charge in [-0.05, 0) is 31.0 Å². The summed E-state index contributed by atoms with van der Waals surface area (Å²) in [6.45, 7) is 6.56. The number of ether oxygens (including phenoxy) is 3. The van der Waals surface area contributed by atoms with Crippen LogP contribution in [0, 0.1) is 5.92 Å². The summed E-state index contributed by atoms with van der Waals surface area (Å²) in [5.41, 5.74) is 0.328. The van der Waals surface area contributed by atoms with Gasteiger partial charge < -0.3 is 19.5 Å². The summed E-state index contributed by atoms with van der Waals surface area (Å²) in [4.78, 5) is 23.6. The van der Waals surface area contributed by atoms with Gasteiger partial charge >= 0.3 is 5.97 Å². The van der Waals surface area contributed by atoms with E-state index in [2.05, 4.69) is 5.32 Å². The highest BCUT2D eigenvalue weighted by molar-refractivity contribution is 5.92. The first kappa shape index (κ1) is 16.1. The quantitative estimate of drug-likeness (QED) is 0.839. The van der Waals surface area contributed by atoms with Crippen LogP contribution >= 0.6 is 0 Å². The third-order valence-corrected chi connectivity index (χ3v) is 3.50. The van der Waals surface area contributed by atoms with Gasteiger partial charge in [-0.15, -0.1) is 0 Å². The molecule has 1 aromatic carbocycles. The highest BCUT2D eigenvalue weighted by Gasteiger charge is 2.17. The maximum absolute atomic E-state index is 12.0. The second kappa shape index (κ2) is 7.15. The van der Waals surface area contributed by atoms with Crippen LogP contribution in [0.15, 0.2) is 18.2 Å². The van der Waals surface area contributed by atoms with Gasteiger partial charge in [0.25, 0.3) is 5.91 Å². The summed E-state index contributed by atoms with van der Waals surface area (Å²) in [7, 11) is 0. The van der Waals surface area contributed by atoms with Crippen LogP contribution in [0.5, 0.6) is 11.5 Å². The number of benzene rings is 1. The normalized spacial score (nSPS) is 14.4. The maximum atomic E-state index is 12.0. The Hall–Kier alpha value is -2.24. The van der Waals surface area contributed by atoms with Crippen molar-refractivity contribution in [3.63, 3.8) is 0 Å². The third kappa shape index (κ3) is 4.13. The van der Waals surface area contributed by atoms with Crippen LogP contribution in [-0.4, -0.2) is 37.7 Å². The molecule has 0 saturated heterocycles. The average Bonchev–Trinajstić information content (AvgIpc) is 2.52. The van der Waals surface area contributed by atoms with Crippen molar-refractivity contribution < 1.29 is 23.8 Å². The lowest BCUT2D eigenvalue weighted by Crippen LogP contribution is -2.38. The number of amides is 1. The maximum Gasteiger partial charge on any atom is 0.338 e. The molecule has 120 valence electrons. The Kier molecular flexibility index (Phi) is 5.25. The molecule has 0 aromatic heterocycles. The molecule has 1 N–H and O–H groups in total. The molecule has 1 aliphatic rings. The summed E-state index contributed by atoms with van der Waals surface area (Å²) in [5, 5.41) is 2.78. The Morgan fingerprint density at radius 1 is 1.18 bits per heavy atom. The van der Waals surface area contributed by atoms with E-state index in [9.17, 15) is 9.59 Å². The lowest BCUT2D eigenvalue weighted by atomic mass is 10.1. The molecule has 1 aliphatic heterocycles. The summed E-state index contributed by atoms with van der Waals surface area (Å²) in [6.07, 6.45) is 0. The summed E-state index contributed by atoms with van der Waals surface area (Å²) >= 11 is 0. The topological polar surface area (TPSA) is 73.9 Å².